The van der Waals surface area contributed by atoms with Crippen LogP contribution in [0.25, 0.3) is 0 Å². The molecule has 0 spiro atoms. The predicted octanol–water partition coefficient (Wildman–Crippen LogP) is 4.19. The molecule has 0 saturated heterocycles. The summed E-state index contributed by atoms with van der Waals surface area (Å²) in [5.41, 5.74) is 7.11. The number of benzene rings is 1. The molecule has 2 N–H and O–H groups in total. The van der Waals surface area contributed by atoms with Gasteiger partial charge in [-0.1, -0.05) is 56.9 Å². The van der Waals surface area contributed by atoms with Crippen molar-refractivity contribution in [2.75, 3.05) is 6.26 Å². The normalized spacial score (nSPS) is 12.7. The monoisotopic (exact) mass is 361 g/mol. The maximum Gasteiger partial charge on any atom is 0.179 e. The minimum absolute atomic E-state index is 0.00791. The van der Waals surface area contributed by atoms with Gasteiger partial charge in [0.05, 0.1) is 0 Å². The van der Waals surface area contributed by atoms with Crippen LogP contribution in [0.5, 0.6) is 0 Å². The molecule has 0 radical (unpaired) electrons. The molecule has 0 saturated carbocycles. The molecule has 0 aliphatic heterocycles. The van der Waals surface area contributed by atoms with E-state index in [2.05, 4.69) is 32.2 Å². The first-order valence-electron chi connectivity index (χ1n) is 5.20. The van der Waals surface area contributed by atoms with E-state index in [9.17, 15) is 0 Å². The maximum absolute atomic E-state index is 5.98. The average Bonchev–Trinajstić information content (AvgIpc) is 2.76. The van der Waals surface area contributed by atoms with E-state index in [0.29, 0.717) is 0 Å². The van der Waals surface area contributed by atoms with Crippen molar-refractivity contribution in [2.24, 2.45) is 5.73 Å². The molecule has 18 heavy (non-hydrogen) atoms. The predicted molar refractivity (Wildman–Crippen MR) is 82.6 cm³/mol. The quantitative estimate of drug-likeness (QED) is 0.827. The SMILES string of the molecule is CSc1nnc(Sc2cc(Br)ccc2C(C)N)s1. The molecule has 1 heterocycles. The minimum atomic E-state index is 0.00791. The van der Waals surface area contributed by atoms with Crippen LogP contribution >= 0.6 is 50.8 Å². The number of thioether (sulfide) groups is 1. The number of hydrogen-bond acceptors (Lipinski definition) is 6. The zero-order valence-electron chi connectivity index (χ0n) is 9.88. The highest BCUT2D eigenvalue weighted by molar-refractivity contribution is 9.10. The minimum Gasteiger partial charge on any atom is -0.324 e. The molecule has 0 aliphatic carbocycles. The highest BCUT2D eigenvalue weighted by Gasteiger charge is 2.12. The summed E-state index contributed by atoms with van der Waals surface area (Å²) in [5, 5.41) is 8.26. The second-order valence-electron chi connectivity index (χ2n) is 3.61. The smallest absolute Gasteiger partial charge is 0.179 e. The second kappa shape index (κ2) is 6.38. The van der Waals surface area contributed by atoms with E-state index in [-0.39, 0.29) is 6.04 Å². The summed E-state index contributed by atoms with van der Waals surface area (Å²) in [5.74, 6) is 0. The van der Waals surface area contributed by atoms with Gasteiger partial charge in [-0.05, 0) is 30.9 Å². The van der Waals surface area contributed by atoms with Crippen LogP contribution in [-0.4, -0.2) is 16.5 Å². The van der Waals surface area contributed by atoms with Gasteiger partial charge in [0.1, 0.15) is 0 Å². The molecule has 2 aromatic rings. The Balaban J connectivity index is 2.29. The lowest BCUT2D eigenvalue weighted by Crippen LogP contribution is -2.06. The highest BCUT2D eigenvalue weighted by Crippen LogP contribution is 2.37. The molecular formula is C11H12BrN3S3. The van der Waals surface area contributed by atoms with Crippen molar-refractivity contribution in [1.82, 2.24) is 10.2 Å². The largest absolute Gasteiger partial charge is 0.324 e. The van der Waals surface area contributed by atoms with Gasteiger partial charge in [-0.15, -0.1) is 10.2 Å². The number of aromatic nitrogens is 2. The fourth-order valence-corrected chi connectivity index (χ4v) is 4.56. The number of nitrogens with two attached hydrogens (primary N) is 1. The van der Waals surface area contributed by atoms with Crippen molar-refractivity contribution in [3.8, 4) is 0 Å². The molecule has 1 aromatic heterocycles. The molecule has 1 aromatic carbocycles. The fourth-order valence-electron chi connectivity index (χ4n) is 1.39. The third-order valence-electron chi connectivity index (χ3n) is 2.23. The van der Waals surface area contributed by atoms with Gasteiger partial charge in [-0.2, -0.15) is 0 Å². The lowest BCUT2D eigenvalue weighted by Gasteiger charge is -2.11. The lowest BCUT2D eigenvalue weighted by molar-refractivity contribution is 0.796. The van der Waals surface area contributed by atoms with Crippen LogP contribution in [0.2, 0.25) is 0 Å². The van der Waals surface area contributed by atoms with Crippen molar-refractivity contribution in [3.63, 3.8) is 0 Å². The van der Waals surface area contributed by atoms with Crippen molar-refractivity contribution in [1.29, 1.82) is 0 Å². The first-order chi connectivity index (χ1) is 8.60. The van der Waals surface area contributed by atoms with Crippen molar-refractivity contribution >= 4 is 50.8 Å². The Morgan fingerprint density at radius 3 is 2.67 bits per heavy atom. The lowest BCUT2D eigenvalue weighted by atomic mass is 10.1. The molecule has 0 aliphatic rings. The van der Waals surface area contributed by atoms with Crippen molar-refractivity contribution in [3.05, 3.63) is 28.2 Å². The molecular weight excluding hydrogens is 350 g/mol. The van der Waals surface area contributed by atoms with E-state index in [1.807, 2.05) is 25.3 Å². The summed E-state index contributed by atoms with van der Waals surface area (Å²) < 4.78 is 2.97. The van der Waals surface area contributed by atoms with Crippen LogP contribution in [0.3, 0.4) is 0 Å². The number of hydrogen-bond donors (Lipinski definition) is 1. The van der Waals surface area contributed by atoms with E-state index < -0.39 is 0 Å². The number of nitrogens with zero attached hydrogens (tertiary/aromatic N) is 2. The molecule has 2 rings (SSSR count). The summed E-state index contributed by atoms with van der Waals surface area (Å²) in [6.45, 7) is 1.99. The van der Waals surface area contributed by atoms with Gasteiger partial charge >= 0.3 is 0 Å². The van der Waals surface area contributed by atoms with Gasteiger partial charge in [-0.25, -0.2) is 0 Å². The van der Waals surface area contributed by atoms with Crippen LogP contribution < -0.4 is 5.73 Å². The van der Waals surface area contributed by atoms with Crippen LogP contribution in [-0.2, 0) is 0 Å². The third kappa shape index (κ3) is 3.48. The second-order valence-corrected chi connectivity index (χ2v) is 7.85. The summed E-state index contributed by atoms with van der Waals surface area (Å²) in [6.07, 6.45) is 2.00. The molecule has 0 amide bonds. The Bertz CT molecular complexity index is 542. The highest BCUT2D eigenvalue weighted by atomic mass is 79.9. The van der Waals surface area contributed by atoms with Gasteiger partial charge in [0.15, 0.2) is 8.68 Å². The van der Waals surface area contributed by atoms with Gasteiger partial charge < -0.3 is 5.73 Å². The van der Waals surface area contributed by atoms with E-state index >= 15 is 0 Å². The van der Waals surface area contributed by atoms with Crippen LogP contribution in [0.1, 0.15) is 18.5 Å². The summed E-state index contributed by atoms with van der Waals surface area (Å²) >= 11 is 8.31. The van der Waals surface area contributed by atoms with Gasteiger partial charge in [-0.3, -0.25) is 0 Å². The first-order valence-corrected chi connectivity index (χ1v) is 8.85. The first kappa shape index (κ1) is 14.3. The number of rotatable bonds is 4. The Kier molecular flexibility index (Phi) is 5.08. The zero-order valence-corrected chi connectivity index (χ0v) is 13.9. The third-order valence-corrected chi connectivity index (χ3v) is 5.74. The van der Waals surface area contributed by atoms with E-state index in [0.717, 1.165) is 23.6 Å². The van der Waals surface area contributed by atoms with E-state index in [1.165, 1.54) is 0 Å². The maximum atomic E-state index is 5.98. The van der Waals surface area contributed by atoms with Crippen molar-refractivity contribution < 1.29 is 0 Å². The summed E-state index contributed by atoms with van der Waals surface area (Å²) in [4.78, 5) is 1.13. The Morgan fingerprint density at radius 2 is 2.06 bits per heavy atom. The molecule has 3 nitrogen and oxygen atoms in total. The van der Waals surface area contributed by atoms with Crippen LogP contribution in [0, 0.1) is 0 Å². The van der Waals surface area contributed by atoms with E-state index in [4.69, 9.17) is 5.73 Å². The number of halogens is 1. The molecule has 1 atom stereocenters. The van der Waals surface area contributed by atoms with Crippen molar-refractivity contribution in [2.45, 2.75) is 26.5 Å². The zero-order chi connectivity index (χ0) is 13.1. The fraction of sp³-hybridized carbons (Fsp3) is 0.273. The van der Waals surface area contributed by atoms with Gasteiger partial charge in [0.25, 0.3) is 0 Å². The van der Waals surface area contributed by atoms with Gasteiger partial charge in [0.2, 0.25) is 0 Å². The Morgan fingerprint density at radius 1 is 1.33 bits per heavy atom. The molecule has 7 heteroatoms. The average molecular weight is 362 g/mol. The van der Waals surface area contributed by atoms with E-state index in [1.54, 1.807) is 34.9 Å². The van der Waals surface area contributed by atoms with Crippen LogP contribution in [0.4, 0.5) is 0 Å². The van der Waals surface area contributed by atoms with Gasteiger partial charge in [0, 0.05) is 15.4 Å². The Hall–Kier alpha value is -0.0800. The summed E-state index contributed by atoms with van der Waals surface area (Å²) in [7, 11) is 0. The molecule has 1 unspecified atom stereocenters. The molecule has 0 bridgehead atoms. The molecule has 96 valence electrons. The molecule has 0 fully saturated rings. The topological polar surface area (TPSA) is 51.8 Å². The standard InChI is InChI=1S/C11H12BrN3S3/c1-6(13)8-4-3-7(12)5-9(8)17-11-15-14-10(16-2)18-11/h3-6H,13H2,1-2H3. The van der Waals surface area contributed by atoms with Crippen LogP contribution in [0.15, 0.2) is 36.2 Å². The summed E-state index contributed by atoms with van der Waals surface area (Å²) in [6, 6.07) is 6.14. The Labute approximate surface area is 127 Å².